The normalized spacial score (nSPS) is 11.5. The van der Waals surface area contributed by atoms with Crippen molar-refractivity contribution in [3.63, 3.8) is 0 Å². The molecule has 0 unspecified atom stereocenters. The molecule has 0 amide bonds. The molecule has 12 rings (SSSR count). The number of hydrogen-bond acceptors (Lipinski definition) is 4. The molecule has 0 saturated heterocycles. The van der Waals surface area contributed by atoms with Crippen molar-refractivity contribution >= 4 is 43.6 Å². The van der Waals surface area contributed by atoms with Crippen LogP contribution in [-0.4, -0.2) is 15.0 Å². The third kappa shape index (κ3) is 6.62. The van der Waals surface area contributed by atoms with Gasteiger partial charge in [0.1, 0.15) is 11.2 Å². The highest BCUT2D eigenvalue weighted by atomic mass is 16.3. The maximum atomic E-state index is 6.73. The number of benzene rings is 9. The van der Waals surface area contributed by atoms with Crippen LogP contribution in [0.15, 0.2) is 229 Å². The SMILES string of the molecule is c1ccc(-c2cc(-c3ccc(-c4ccc(-c5cccc(-c6ccc7oc8c(ccc9c(-c%10ccccc%10)nc%10ccccc%10c98)c7c6)c5)cc4)cc3)nc(-c3ccccc3)n2)cc1. The van der Waals surface area contributed by atoms with Crippen molar-refractivity contribution in [2.75, 3.05) is 0 Å². The maximum absolute atomic E-state index is 6.73. The second-order valence-corrected chi connectivity index (χ2v) is 16.0. The molecule has 4 heteroatoms. The number of nitrogens with zero attached hydrogens (tertiary/aromatic N) is 3. The Hall–Kier alpha value is -8.47. The minimum Gasteiger partial charge on any atom is -0.455 e. The Morgan fingerprint density at radius 1 is 0.286 bits per heavy atom. The molecule has 0 spiro atoms. The van der Waals surface area contributed by atoms with Crippen LogP contribution in [0.5, 0.6) is 0 Å². The molecule has 63 heavy (non-hydrogen) atoms. The summed E-state index contributed by atoms with van der Waals surface area (Å²) < 4.78 is 6.73. The van der Waals surface area contributed by atoms with Gasteiger partial charge in [0.25, 0.3) is 0 Å². The zero-order valence-corrected chi connectivity index (χ0v) is 34.1. The van der Waals surface area contributed by atoms with Gasteiger partial charge in [0.2, 0.25) is 0 Å². The summed E-state index contributed by atoms with van der Waals surface area (Å²) in [7, 11) is 0. The minimum atomic E-state index is 0.713. The van der Waals surface area contributed by atoms with E-state index in [1.165, 1.54) is 0 Å². The molecule has 0 N–H and O–H groups in total. The molecule has 12 aromatic rings. The van der Waals surface area contributed by atoms with Gasteiger partial charge in [0.05, 0.1) is 22.6 Å². The zero-order chi connectivity index (χ0) is 41.7. The van der Waals surface area contributed by atoms with Gasteiger partial charge in [-0.2, -0.15) is 0 Å². The zero-order valence-electron chi connectivity index (χ0n) is 34.1. The number of para-hydroxylation sites is 1. The van der Waals surface area contributed by atoms with E-state index in [9.17, 15) is 0 Å². The Kier molecular flexibility index (Phi) is 8.79. The van der Waals surface area contributed by atoms with Crippen molar-refractivity contribution in [2.24, 2.45) is 0 Å². The van der Waals surface area contributed by atoms with Crippen LogP contribution in [0.1, 0.15) is 0 Å². The summed E-state index contributed by atoms with van der Waals surface area (Å²) in [6.07, 6.45) is 0. The fourth-order valence-corrected chi connectivity index (χ4v) is 8.90. The lowest BCUT2D eigenvalue weighted by molar-refractivity contribution is 0.673. The first-order chi connectivity index (χ1) is 31.2. The molecule has 3 heterocycles. The van der Waals surface area contributed by atoms with Crippen LogP contribution in [0.4, 0.5) is 0 Å². The highest BCUT2D eigenvalue weighted by Gasteiger charge is 2.18. The second kappa shape index (κ2) is 15.2. The van der Waals surface area contributed by atoms with Crippen LogP contribution in [0.25, 0.3) is 122 Å². The van der Waals surface area contributed by atoms with Gasteiger partial charge in [-0.25, -0.2) is 15.0 Å². The minimum absolute atomic E-state index is 0.713. The molecule has 0 aliphatic heterocycles. The van der Waals surface area contributed by atoms with E-state index in [4.69, 9.17) is 19.4 Å². The molecule has 294 valence electrons. The highest BCUT2D eigenvalue weighted by molar-refractivity contribution is 6.25. The average molecular weight is 804 g/mol. The first kappa shape index (κ1) is 36.4. The lowest BCUT2D eigenvalue weighted by Crippen LogP contribution is -1.95. The van der Waals surface area contributed by atoms with Crippen LogP contribution < -0.4 is 0 Å². The number of furan rings is 1. The molecule has 0 aliphatic carbocycles. The number of pyridine rings is 1. The van der Waals surface area contributed by atoms with Crippen molar-refractivity contribution in [3.8, 4) is 78.5 Å². The molecule has 0 fully saturated rings. The highest BCUT2D eigenvalue weighted by Crippen LogP contribution is 2.42. The summed E-state index contributed by atoms with van der Waals surface area (Å²) in [5, 5.41) is 5.46. The van der Waals surface area contributed by atoms with Gasteiger partial charge >= 0.3 is 0 Å². The van der Waals surface area contributed by atoms with Crippen LogP contribution in [0, 0.1) is 0 Å². The van der Waals surface area contributed by atoms with Crippen LogP contribution in [0.3, 0.4) is 0 Å². The number of aromatic nitrogens is 3. The van der Waals surface area contributed by atoms with Crippen LogP contribution in [-0.2, 0) is 0 Å². The first-order valence-electron chi connectivity index (χ1n) is 21.2. The molecule has 0 aliphatic rings. The van der Waals surface area contributed by atoms with E-state index < -0.39 is 0 Å². The largest absolute Gasteiger partial charge is 0.455 e. The summed E-state index contributed by atoms with van der Waals surface area (Å²) in [5.41, 5.74) is 16.6. The van der Waals surface area contributed by atoms with E-state index in [2.05, 4.69) is 176 Å². The van der Waals surface area contributed by atoms with Crippen molar-refractivity contribution in [2.45, 2.75) is 0 Å². The fourth-order valence-electron chi connectivity index (χ4n) is 8.90. The standard InChI is InChI=1S/C59H37N3O/c1-4-13-41(14-5-1)53-37-54(62-59(61-53)44-17-8-3-9-18-44)42-29-27-39(28-30-42)38-23-25-40(26-24-38)45-19-12-20-46(35-45)47-31-34-55-51(36-47)48-32-33-50-56(58(48)63-55)49-21-10-11-22-52(49)60-57(50)43-15-6-2-7-16-43/h1-37H. The number of hydrogen-bond donors (Lipinski definition) is 0. The molecule has 3 aromatic heterocycles. The molecular formula is C59H37N3O. The Morgan fingerprint density at radius 3 is 1.46 bits per heavy atom. The summed E-state index contributed by atoms with van der Waals surface area (Å²) in [5.74, 6) is 0.713. The van der Waals surface area contributed by atoms with E-state index in [1.807, 2.05) is 48.5 Å². The van der Waals surface area contributed by atoms with Crippen molar-refractivity contribution in [1.82, 2.24) is 15.0 Å². The number of fused-ring (bicyclic) bond motifs is 7. The Morgan fingerprint density at radius 2 is 0.778 bits per heavy atom. The number of rotatable bonds is 7. The average Bonchev–Trinajstić information content (AvgIpc) is 3.75. The lowest BCUT2D eigenvalue weighted by Gasteiger charge is -2.11. The molecule has 0 atom stereocenters. The van der Waals surface area contributed by atoms with E-state index in [0.29, 0.717) is 5.82 Å². The predicted octanol–water partition coefficient (Wildman–Crippen LogP) is 15.7. The quantitative estimate of drug-likeness (QED) is 0.151. The maximum Gasteiger partial charge on any atom is 0.160 e. The van der Waals surface area contributed by atoms with Gasteiger partial charge in [-0.05, 0) is 69.8 Å². The molecule has 0 bridgehead atoms. The van der Waals surface area contributed by atoms with Gasteiger partial charge in [-0.1, -0.05) is 188 Å². The summed E-state index contributed by atoms with van der Waals surface area (Å²) in [4.78, 5) is 15.1. The Labute approximate surface area is 364 Å². The summed E-state index contributed by atoms with van der Waals surface area (Å²) in [6.45, 7) is 0. The van der Waals surface area contributed by atoms with Crippen molar-refractivity contribution < 1.29 is 4.42 Å². The summed E-state index contributed by atoms with van der Waals surface area (Å²) in [6, 6.07) is 78.6. The smallest absolute Gasteiger partial charge is 0.160 e. The van der Waals surface area contributed by atoms with Gasteiger partial charge in [0.15, 0.2) is 5.82 Å². The third-order valence-corrected chi connectivity index (χ3v) is 12.1. The topological polar surface area (TPSA) is 51.8 Å². The fraction of sp³-hybridized carbons (Fsp3) is 0. The second-order valence-electron chi connectivity index (χ2n) is 16.0. The molecule has 0 saturated carbocycles. The molecule has 4 nitrogen and oxygen atoms in total. The van der Waals surface area contributed by atoms with Gasteiger partial charge in [-0.15, -0.1) is 0 Å². The van der Waals surface area contributed by atoms with Crippen molar-refractivity contribution in [1.29, 1.82) is 0 Å². The Balaban J connectivity index is 0.848. The Bertz CT molecular complexity index is 3580. The van der Waals surface area contributed by atoms with E-state index in [0.717, 1.165) is 116 Å². The van der Waals surface area contributed by atoms with E-state index in [-0.39, 0.29) is 0 Å². The lowest BCUT2D eigenvalue weighted by atomic mass is 9.95. The molecule has 9 aromatic carbocycles. The molecule has 0 radical (unpaired) electrons. The van der Waals surface area contributed by atoms with Gasteiger partial charge in [0, 0.05) is 49.2 Å². The monoisotopic (exact) mass is 803 g/mol. The van der Waals surface area contributed by atoms with Gasteiger partial charge < -0.3 is 4.42 Å². The van der Waals surface area contributed by atoms with E-state index >= 15 is 0 Å². The van der Waals surface area contributed by atoms with Crippen LogP contribution in [0.2, 0.25) is 0 Å². The van der Waals surface area contributed by atoms with Crippen LogP contribution >= 0.6 is 0 Å². The third-order valence-electron chi connectivity index (χ3n) is 12.1. The predicted molar refractivity (Wildman–Crippen MR) is 260 cm³/mol. The molecular weight excluding hydrogens is 767 g/mol. The van der Waals surface area contributed by atoms with Crippen molar-refractivity contribution in [3.05, 3.63) is 224 Å². The van der Waals surface area contributed by atoms with E-state index in [1.54, 1.807) is 0 Å². The summed E-state index contributed by atoms with van der Waals surface area (Å²) >= 11 is 0. The first-order valence-corrected chi connectivity index (χ1v) is 21.2. The van der Waals surface area contributed by atoms with Gasteiger partial charge in [-0.3, -0.25) is 0 Å².